The first-order chi connectivity index (χ1) is 1.73. The van der Waals surface area contributed by atoms with Crippen molar-refractivity contribution in [1.82, 2.24) is 0 Å². The normalized spacial score (nSPS) is 3.71. The summed E-state index contributed by atoms with van der Waals surface area (Å²) in [6.45, 7) is 0. The molecule has 0 atom stereocenters. The third-order valence-electron chi connectivity index (χ3n) is 0. The third kappa shape index (κ3) is 91.1. The van der Waals surface area contributed by atoms with Crippen molar-refractivity contribution in [1.29, 1.82) is 0 Å². The van der Waals surface area contributed by atoms with Crippen LogP contribution in [0.4, 0.5) is 0 Å². The molecule has 0 aromatic carbocycles. The molecule has 0 aliphatic heterocycles. The van der Waals surface area contributed by atoms with Crippen LogP contribution in [0.25, 0.3) is 0 Å². The van der Waals surface area contributed by atoms with Gasteiger partial charge in [-0.3, -0.25) is 0 Å². The Morgan fingerprint density at radius 2 is 1.29 bits per heavy atom. The van der Waals surface area contributed by atoms with E-state index >= 15 is 0 Å². The van der Waals surface area contributed by atoms with Crippen molar-refractivity contribution in [3.8, 4) is 0 Å². The molecule has 0 aliphatic rings. The molecule has 2 N–H and O–H groups in total. The zero-order valence-electron chi connectivity index (χ0n) is 5.80. The molecule has 0 bridgehead atoms. The van der Waals surface area contributed by atoms with Gasteiger partial charge in [0.2, 0.25) is 0 Å². The summed E-state index contributed by atoms with van der Waals surface area (Å²) in [4.78, 5) is 0. The van der Waals surface area contributed by atoms with Crippen LogP contribution in [0.3, 0.4) is 0 Å². The second-order valence-corrected chi connectivity index (χ2v) is 1.17. The Morgan fingerprint density at radius 3 is 1.29 bits per heavy atom. The van der Waals surface area contributed by atoms with Crippen LogP contribution in [-0.4, -0.2) is 7.38 Å². The molecule has 0 saturated heterocycles. The molecule has 0 amide bonds. The summed E-state index contributed by atoms with van der Waals surface area (Å²) in [5.41, 5.74) is 0. The van der Waals surface area contributed by atoms with E-state index in [2.05, 4.69) is 0 Å². The molecular weight excluding hydrogens is 122 g/mol. The van der Waals surface area contributed by atoms with Crippen molar-refractivity contribution < 1.29 is 68.5 Å². The van der Waals surface area contributed by atoms with Crippen LogP contribution in [0.5, 0.6) is 0 Å². The molecular formula is CH6Li2O3Ti. The van der Waals surface area contributed by atoms with E-state index in [9.17, 15) is 0 Å². The Bertz CT molecular complexity index is 40.3. The Kier molecular flexibility index (Phi) is 52.4. The van der Waals surface area contributed by atoms with E-state index in [1.165, 1.54) is 0 Å². The van der Waals surface area contributed by atoms with Gasteiger partial charge in [-0.05, 0) is 0 Å². The standard InChI is InChI=1S/CH3.2Li.2H2O.O.Ti.H/h1H3;;;2*1H2;;;/q-1;2*+1;;;;+2;-1/p-2. The van der Waals surface area contributed by atoms with Gasteiger partial charge in [-0.25, -0.2) is 0 Å². The van der Waals surface area contributed by atoms with Crippen molar-refractivity contribution in [2.75, 3.05) is 0 Å². The summed E-state index contributed by atoms with van der Waals surface area (Å²) in [5, 5.41) is 0. The molecule has 0 rings (SSSR count). The van der Waals surface area contributed by atoms with Gasteiger partial charge in [0.05, 0.1) is 0 Å². The van der Waals surface area contributed by atoms with Gasteiger partial charge in [0.25, 0.3) is 0 Å². The quantitative estimate of drug-likeness (QED) is 0.252. The summed E-state index contributed by atoms with van der Waals surface area (Å²) in [6.07, 6.45) is 0. The van der Waals surface area contributed by atoms with Gasteiger partial charge in [-0.2, -0.15) is 0 Å². The summed E-state index contributed by atoms with van der Waals surface area (Å²) < 4.78 is 23.2. The molecule has 0 aliphatic carbocycles. The minimum absolute atomic E-state index is 0. The first-order valence-electron chi connectivity index (χ1n) is 0.651. The maximum absolute atomic E-state index is 8.81. The molecule has 0 aromatic rings. The molecule has 3 nitrogen and oxygen atoms in total. The Balaban J connectivity index is -0.00000000750. The van der Waals surface area contributed by atoms with Crippen molar-refractivity contribution in [2.45, 2.75) is 0 Å². The molecule has 0 radical (unpaired) electrons. The van der Waals surface area contributed by atoms with Gasteiger partial charge in [-0.15, -0.1) is 0 Å². The van der Waals surface area contributed by atoms with E-state index in [1.807, 2.05) is 0 Å². The second kappa shape index (κ2) is 15.6. The fourth-order valence-corrected chi connectivity index (χ4v) is 0. The number of hydrogen-bond acceptors (Lipinski definition) is 1. The molecule has 0 fully saturated rings. The van der Waals surface area contributed by atoms with Crippen LogP contribution in [0.1, 0.15) is 1.43 Å². The average molecular weight is 128 g/mol. The number of rotatable bonds is 0. The first kappa shape index (κ1) is 23.4. The second-order valence-electron chi connectivity index (χ2n) is 0.283. The summed E-state index contributed by atoms with van der Waals surface area (Å²) in [7, 11) is 0. The van der Waals surface area contributed by atoms with Crippen molar-refractivity contribution in [2.24, 2.45) is 0 Å². The van der Waals surface area contributed by atoms with Gasteiger partial charge in [0, 0.05) is 0 Å². The van der Waals surface area contributed by atoms with E-state index < -0.39 is 18.6 Å². The zero-order valence-corrected chi connectivity index (χ0v) is 6.36. The van der Waals surface area contributed by atoms with E-state index in [0.717, 1.165) is 0 Å². The minimum atomic E-state index is -3.58. The Labute approximate surface area is 75.4 Å². The number of hydrogen-bond donors (Lipinski definition) is 2. The van der Waals surface area contributed by atoms with E-state index in [0.29, 0.717) is 0 Å². The predicted octanol–water partition coefficient (Wildman–Crippen LogP) is -6.66. The van der Waals surface area contributed by atoms with Gasteiger partial charge < -0.3 is 8.85 Å². The van der Waals surface area contributed by atoms with Crippen molar-refractivity contribution >= 4 is 0 Å². The van der Waals surface area contributed by atoms with E-state index in [4.69, 9.17) is 10.7 Å². The third-order valence-corrected chi connectivity index (χ3v) is 0. The van der Waals surface area contributed by atoms with E-state index in [1.54, 1.807) is 0 Å². The van der Waals surface area contributed by atoms with Crippen LogP contribution in [-0.2, 0) is 21.9 Å². The molecule has 0 saturated carbocycles. The Hall–Kier alpha value is 1.63. The molecule has 0 unspecified atom stereocenters. The molecule has 0 spiro atoms. The maximum atomic E-state index is 8.81. The van der Waals surface area contributed by atoms with Gasteiger partial charge in [-0.1, -0.05) is 0 Å². The molecule has 6 heteroatoms. The summed E-state index contributed by atoms with van der Waals surface area (Å²) in [6, 6.07) is 0. The van der Waals surface area contributed by atoms with Crippen LogP contribution < -0.4 is 37.7 Å². The monoisotopic (exact) mass is 128 g/mol. The SMILES string of the molecule is [CH3-].[H-].[Li+].[Li+].[O]=[Ti]([OH])[OH]. The van der Waals surface area contributed by atoms with Crippen molar-refractivity contribution in [3.63, 3.8) is 0 Å². The molecule has 7 heavy (non-hydrogen) atoms. The summed E-state index contributed by atoms with van der Waals surface area (Å²) >= 11 is -3.58. The van der Waals surface area contributed by atoms with Crippen LogP contribution in [0, 0.1) is 7.43 Å². The molecule has 0 heterocycles. The zero-order chi connectivity index (χ0) is 3.58. The van der Waals surface area contributed by atoms with Gasteiger partial charge in [0.1, 0.15) is 0 Å². The van der Waals surface area contributed by atoms with Gasteiger partial charge >= 0.3 is 67.0 Å². The summed E-state index contributed by atoms with van der Waals surface area (Å²) in [5.74, 6) is 0. The fraction of sp³-hybridized carbons (Fsp3) is 0. The Morgan fingerprint density at radius 1 is 1.29 bits per heavy atom. The van der Waals surface area contributed by atoms with E-state index in [-0.39, 0.29) is 46.6 Å². The topological polar surface area (TPSA) is 57.5 Å². The van der Waals surface area contributed by atoms with Crippen LogP contribution in [0.2, 0.25) is 0 Å². The molecule has 34 valence electrons. The fourth-order valence-electron chi connectivity index (χ4n) is 0. The molecule has 0 aromatic heterocycles. The predicted molar refractivity (Wildman–Crippen MR) is 12.7 cm³/mol. The van der Waals surface area contributed by atoms with Crippen LogP contribution >= 0.6 is 0 Å². The van der Waals surface area contributed by atoms with Crippen molar-refractivity contribution in [3.05, 3.63) is 7.43 Å². The van der Waals surface area contributed by atoms with Crippen LogP contribution in [0.15, 0.2) is 0 Å². The first-order valence-corrected chi connectivity index (χ1v) is 2.69. The average Bonchev–Trinajstić information content (AvgIpc) is 0.811. The van der Waals surface area contributed by atoms with Gasteiger partial charge in [0.15, 0.2) is 0 Å².